The van der Waals surface area contributed by atoms with Crippen LogP contribution in [0.1, 0.15) is 19.4 Å². The summed E-state index contributed by atoms with van der Waals surface area (Å²) in [5, 5.41) is 0. The molecule has 1 aromatic carbocycles. The van der Waals surface area contributed by atoms with E-state index in [2.05, 4.69) is 0 Å². The molecule has 1 rings (SSSR count). The molecular weight excluding hydrogens is 307 g/mol. The number of hydrogen-bond donors (Lipinski definition) is 0. The first-order valence-corrected chi connectivity index (χ1v) is 9.15. The zero-order valence-electron chi connectivity index (χ0n) is 9.11. The fraction of sp³-hybridized carbons (Fsp3) is 0.455. The molecule has 4 heteroatoms. The second-order valence-electron chi connectivity index (χ2n) is 2.93. The van der Waals surface area contributed by atoms with Crippen LogP contribution in [0.2, 0.25) is 0 Å². The Morgan fingerprint density at radius 3 is 2.07 bits per heavy atom. The summed E-state index contributed by atoms with van der Waals surface area (Å²) in [6.45, 7) is 4.54. The van der Waals surface area contributed by atoms with E-state index in [1.165, 1.54) is 0 Å². The van der Waals surface area contributed by atoms with E-state index in [0.717, 1.165) is 5.56 Å². The Hall–Kier alpha value is -0.330. The molecule has 0 aromatic heterocycles. The van der Waals surface area contributed by atoms with Gasteiger partial charge < -0.3 is 0 Å². The van der Waals surface area contributed by atoms with Crippen LogP contribution in [0.3, 0.4) is 0 Å². The van der Waals surface area contributed by atoms with Crippen LogP contribution in [-0.2, 0) is 13.6 Å². The third-order valence-corrected chi connectivity index (χ3v) is 6.67. The first-order valence-electron chi connectivity index (χ1n) is 4.99. The van der Waals surface area contributed by atoms with Crippen molar-refractivity contribution < 1.29 is 9.20 Å². The molecule has 0 aliphatic heterocycles. The van der Waals surface area contributed by atoms with Crippen LogP contribution in [0.4, 0.5) is 0 Å². The van der Waals surface area contributed by atoms with Crippen molar-refractivity contribution in [3.05, 3.63) is 35.9 Å². The number of benzene rings is 1. The summed E-state index contributed by atoms with van der Waals surface area (Å²) in [7, 11) is 0. The summed E-state index contributed by atoms with van der Waals surface area (Å²) in [6, 6.07) is 9.66. The molecule has 86 valence electrons. The summed E-state index contributed by atoms with van der Waals surface area (Å²) in [4.78, 5) is 0. The molecule has 0 aliphatic carbocycles. The molecule has 3 nitrogen and oxygen atoms in total. The van der Waals surface area contributed by atoms with Crippen molar-refractivity contribution >= 4 is 19.3 Å². The van der Waals surface area contributed by atoms with Crippen LogP contribution in [0, 0.1) is 0 Å². The van der Waals surface area contributed by atoms with Crippen LogP contribution in [0.25, 0.3) is 0 Å². The van der Waals surface area contributed by atoms with Gasteiger partial charge in [0.25, 0.3) is 0 Å². The van der Waals surface area contributed by atoms with Crippen LogP contribution < -0.4 is 0 Å². The Morgan fingerprint density at radius 2 is 1.60 bits per heavy atom. The van der Waals surface area contributed by atoms with Crippen molar-refractivity contribution in [1.82, 2.24) is 0 Å². The Labute approximate surface area is 95.8 Å². The molecule has 0 atom stereocenters. The molecule has 0 saturated heterocycles. The zero-order valence-corrected chi connectivity index (χ0v) is 11.3. The van der Waals surface area contributed by atoms with Crippen molar-refractivity contribution in [2.75, 3.05) is 13.2 Å². The minimum absolute atomic E-state index is 0.412. The molecule has 0 heterocycles. The fourth-order valence-corrected chi connectivity index (χ4v) is 5.30. The molecule has 0 spiro atoms. The van der Waals surface area contributed by atoms with Crippen LogP contribution in [0.5, 0.6) is 0 Å². The second-order valence-corrected chi connectivity index (χ2v) is 7.89. The van der Waals surface area contributed by atoms with Crippen molar-refractivity contribution in [2.45, 2.75) is 18.3 Å². The van der Waals surface area contributed by atoms with Gasteiger partial charge >= 0.3 is 95.8 Å². The molecule has 1 aromatic rings. The number of rotatable bonds is 6. The molecule has 0 unspecified atom stereocenters. The molecule has 0 fully saturated rings. The normalized spacial score (nSPS) is 12.7. The minimum atomic E-state index is -3.68. The Bertz CT molecular complexity index is 314. The quantitative estimate of drug-likeness (QED) is 0.594. The van der Waals surface area contributed by atoms with E-state index >= 15 is 0 Å². The Kier molecular flexibility index (Phi) is 5.35. The van der Waals surface area contributed by atoms with Crippen molar-refractivity contribution in [3.8, 4) is 0 Å². The van der Waals surface area contributed by atoms with E-state index in [9.17, 15) is 3.07 Å². The topological polar surface area (TPSA) is 35.5 Å². The van der Waals surface area contributed by atoms with Crippen molar-refractivity contribution in [3.63, 3.8) is 0 Å². The average Bonchev–Trinajstić information content (AvgIpc) is 2.19. The van der Waals surface area contributed by atoms with Crippen LogP contribution >= 0.6 is 19.3 Å². The van der Waals surface area contributed by atoms with Gasteiger partial charge in [-0.3, -0.25) is 0 Å². The summed E-state index contributed by atoms with van der Waals surface area (Å²) in [5.41, 5.74) is 1.01. The zero-order chi connectivity index (χ0) is 11.1. The van der Waals surface area contributed by atoms with Gasteiger partial charge in [0, 0.05) is 0 Å². The van der Waals surface area contributed by atoms with Crippen molar-refractivity contribution in [2.24, 2.45) is 0 Å². The maximum absolute atomic E-state index is 12.2. The molecule has 0 amide bonds. The summed E-state index contributed by atoms with van der Waals surface area (Å²) >= 11 is -3.68. The summed E-state index contributed by atoms with van der Waals surface area (Å²) < 4.78 is 23.2. The van der Waals surface area contributed by atoms with Gasteiger partial charge in [0.15, 0.2) is 0 Å². The second kappa shape index (κ2) is 6.30. The van der Waals surface area contributed by atoms with E-state index in [1.54, 1.807) is 0 Å². The van der Waals surface area contributed by atoms with Gasteiger partial charge in [-0.05, 0) is 0 Å². The molecule has 0 saturated carbocycles. The van der Waals surface area contributed by atoms with Gasteiger partial charge in [0.05, 0.1) is 0 Å². The number of alkyl halides is 1. The molecule has 0 bridgehead atoms. The average molecular weight is 324 g/mol. The predicted molar refractivity (Wildman–Crippen MR) is 68.1 cm³/mol. The summed E-state index contributed by atoms with van der Waals surface area (Å²) in [5.74, 6) is 0. The number of halogens is 1. The predicted octanol–water partition coefficient (Wildman–Crippen LogP) is 3.48. The van der Waals surface area contributed by atoms with Gasteiger partial charge in [0.1, 0.15) is 0 Å². The first kappa shape index (κ1) is 12.7. The van der Waals surface area contributed by atoms with Gasteiger partial charge in [-0.1, -0.05) is 0 Å². The molecule has 0 aliphatic rings. The molecular formula is C11H17IO3. The fourth-order valence-electron chi connectivity index (χ4n) is 1.20. The van der Waals surface area contributed by atoms with E-state index < -0.39 is 19.3 Å². The van der Waals surface area contributed by atoms with Gasteiger partial charge in [-0.2, -0.15) is 0 Å². The van der Waals surface area contributed by atoms with Crippen molar-refractivity contribution in [1.29, 1.82) is 0 Å². The van der Waals surface area contributed by atoms with E-state index in [-0.39, 0.29) is 0 Å². The SMILES string of the molecule is CCOI(=O)(Cc1ccccc1)OCC. The Morgan fingerprint density at radius 1 is 1.07 bits per heavy atom. The van der Waals surface area contributed by atoms with Gasteiger partial charge in [-0.15, -0.1) is 0 Å². The molecule has 0 N–H and O–H groups in total. The van der Waals surface area contributed by atoms with E-state index in [4.69, 9.17) is 6.13 Å². The standard InChI is InChI=1S/C11H17IO3/c1-3-14-12(13,15-4-2)10-11-8-6-5-7-9-11/h5-9H,3-4,10H2,1-2H3. The third-order valence-electron chi connectivity index (χ3n) is 1.71. The monoisotopic (exact) mass is 324 g/mol. The van der Waals surface area contributed by atoms with Crippen LogP contribution in [0.15, 0.2) is 30.3 Å². The van der Waals surface area contributed by atoms with Gasteiger partial charge in [-0.25, -0.2) is 0 Å². The molecule has 0 radical (unpaired) electrons. The third kappa shape index (κ3) is 4.36. The molecule has 15 heavy (non-hydrogen) atoms. The van der Waals surface area contributed by atoms with Crippen LogP contribution in [-0.4, -0.2) is 13.2 Å². The van der Waals surface area contributed by atoms with E-state index in [1.807, 2.05) is 44.2 Å². The first-order chi connectivity index (χ1) is 7.20. The maximum atomic E-state index is 12.2. The van der Waals surface area contributed by atoms with E-state index in [0.29, 0.717) is 17.6 Å². The Balaban J connectivity index is 2.71. The summed E-state index contributed by atoms with van der Waals surface area (Å²) in [6.07, 6.45) is 0. The number of hydrogen-bond acceptors (Lipinski definition) is 3. The van der Waals surface area contributed by atoms with Gasteiger partial charge in [0.2, 0.25) is 0 Å².